The average Bonchev–Trinajstić information content (AvgIpc) is 3.30. The van der Waals surface area contributed by atoms with Gasteiger partial charge in [0, 0.05) is 31.0 Å². The number of hydrogen-bond acceptors (Lipinski definition) is 2. The van der Waals surface area contributed by atoms with E-state index in [9.17, 15) is 0 Å². The normalized spacial score (nSPS) is 14.4. The van der Waals surface area contributed by atoms with Crippen molar-refractivity contribution >= 4 is 11.4 Å². The molecule has 1 aliphatic rings. The summed E-state index contributed by atoms with van der Waals surface area (Å²) in [6.07, 6.45) is 2.68. The van der Waals surface area contributed by atoms with Crippen LogP contribution in [-0.2, 0) is 6.54 Å². The van der Waals surface area contributed by atoms with Gasteiger partial charge in [-0.15, -0.1) is 0 Å². The highest BCUT2D eigenvalue weighted by Gasteiger charge is 2.19. The Morgan fingerprint density at radius 1 is 0.947 bits per heavy atom. The molecule has 3 rings (SSSR count). The molecule has 1 fully saturated rings. The van der Waals surface area contributed by atoms with Crippen LogP contribution < -0.4 is 10.2 Å². The van der Waals surface area contributed by atoms with E-state index in [1.54, 1.807) is 0 Å². The van der Waals surface area contributed by atoms with Gasteiger partial charge < -0.3 is 10.2 Å². The smallest absolute Gasteiger partial charge is 0.0408 e. The molecule has 0 aromatic heterocycles. The molecule has 2 nitrogen and oxygen atoms in total. The van der Waals surface area contributed by atoms with Gasteiger partial charge in [0.25, 0.3) is 0 Å². The summed E-state index contributed by atoms with van der Waals surface area (Å²) in [6, 6.07) is 20.0. The van der Waals surface area contributed by atoms with E-state index in [4.69, 9.17) is 0 Å². The van der Waals surface area contributed by atoms with Crippen molar-refractivity contribution in [3.8, 4) is 0 Å². The average molecular weight is 252 g/mol. The summed E-state index contributed by atoms with van der Waals surface area (Å²) in [5.74, 6) is 0. The highest BCUT2D eigenvalue weighted by Crippen LogP contribution is 2.24. The molecule has 0 radical (unpaired) electrons. The Bertz CT molecular complexity index is 515. The van der Waals surface area contributed by atoms with Crippen LogP contribution in [-0.4, -0.2) is 13.1 Å². The number of nitrogens with zero attached hydrogens (tertiary/aromatic N) is 1. The zero-order chi connectivity index (χ0) is 13.1. The van der Waals surface area contributed by atoms with Crippen molar-refractivity contribution in [2.24, 2.45) is 0 Å². The molecule has 0 atom stereocenters. The van der Waals surface area contributed by atoms with E-state index in [2.05, 4.69) is 65.8 Å². The number of anilines is 2. The Kier molecular flexibility index (Phi) is 3.51. The fraction of sp³-hybridized carbons (Fsp3) is 0.294. The molecule has 98 valence electrons. The first kappa shape index (κ1) is 12.2. The van der Waals surface area contributed by atoms with E-state index in [1.807, 2.05) is 6.07 Å². The number of hydrogen-bond donors (Lipinski definition) is 1. The summed E-state index contributed by atoms with van der Waals surface area (Å²) in [6.45, 7) is 0.986. The van der Waals surface area contributed by atoms with Gasteiger partial charge in [0.2, 0.25) is 0 Å². The van der Waals surface area contributed by atoms with Crippen LogP contribution in [0.25, 0.3) is 0 Å². The molecule has 0 spiro atoms. The molecule has 0 unspecified atom stereocenters. The van der Waals surface area contributed by atoms with Crippen molar-refractivity contribution in [2.75, 3.05) is 11.9 Å². The molecule has 1 saturated carbocycles. The number of nitrogens with one attached hydrogen (secondary N) is 1. The number of para-hydroxylation sites is 1. The molecular weight excluding hydrogens is 232 g/mol. The third kappa shape index (κ3) is 3.15. The predicted octanol–water partition coefficient (Wildman–Crippen LogP) is 3.71. The highest BCUT2D eigenvalue weighted by atomic mass is 15.1. The zero-order valence-electron chi connectivity index (χ0n) is 11.3. The third-order valence-corrected chi connectivity index (χ3v) is 3.64. The van der Waals surface area contributed by atoms with Gasteiger partial charge in [0.1, 0.15) is 0 Å². The quantitative estimate of drug-likeness (QED) is 0.872. The van der Waals surface area contributed by atoms with Crippen LogP contribution in [0.5, 0.6) is 0 Å². The summed E-state index contributed by atoms with van der Waals surface area (Å²) in [7, 11) is 2.10. The minimum atomic E-state index is 0.770. The van der Waals surface area contributed by atoms with Crippen molar-refractivity contribution in [2.45, 2.75) is 25.4 Å². The van der Waals surface area contributed by atoms with E-state index in [-0.39, 0.29) is 0 Å². The molecule has 0 bridgehead atoms. The Balaban J connectivity index is 1.67. The second kappa shape index (κ2) is 5.45. The second-order valence-corrected chi connectivity index (χ2v) is 5.22. The number of benzene rings is 2. The maximum atomic E-state index is 3.54. The molecule has 0 amide bonds. The molecule has 0 saturated heterocycles. The molecule has 19 heavy (non-hydrogen) atoms. The lowest BCUT2D eigenvalue weighted by Gasteiger charge is -2.19. The predicted molar refractivity (Wildman–Crippen MR) is 80.8 cm³/mol. The molecule has 1 aliphatic carbocycles. The van der Waals surface area contributed by atoms with Gasteiger partial charge in [0.15, 0.2) is 0 Å². The minimum Gasteiger partial charge on any atom is -0.345 e. The van der Waals surface area contributed by atoms with Crippen LogP contribution >= 0.6 is 0 Å². The summed E-state index contributed by atoms with van der Waals surface area (Å²) in [5, 5.41) is 3.54. The van der Waals surface area contributed by atoms with Crippen molar-refractivity contribution in [1.29, 1.82) is 0 Å². The standard InChI is InChI=1S/C17H20N2/c1-19(16-5-3-2-4-6-16)17-11-7-14(8-12-17)13-18-15-9-10-15/h2-8,11-12,15,18H,9-10,13H2,1H3. The SMILES string of the molecule is CN(c1ccccc1)c1ccc(CNC2CC2)cc1. The van der Waals surface area contributed by atoms with Gasteiger partial charge in [-0.25, -0.2) is 0 Å². The monoisotopic (exact) mass is 252 g/mol. The molecule has 2 aromatic carbocycles. The van der Waals surface area contributed by atoms with Crippen LogP contribution in [0.1, 0.15) is 18.4 Å². The molecule has 0 heterocycles. The van der Waals surface area contributed by atoms with Gasteiger partial charge in [-0.05, 0) is 42.7 Å². The van der Waals surface area contributed by atoms with Crippen LogP contribution in [0.15, 0.2) is 54.6 Å². The lowest BCUT2D eigenvalue weighted by molar-refractivity contribution is 0.688. The Morgan fingerprint density at radius 3 is 2.21 bits per heavy atom. The van der Waals surface area contributed by atoms with Gasteiger partial charge in [0.05, 0.1) is 0 Å². The van der Waals surface area contributed by atoms with Crippen LogP contribution in [0, 0.1) is 0 Å². The fourth-order valence-corrected chi connectivity index (χ4v) is 2.19. The third-order valence-electron chi connectivity index (χ3n) is 3.64. The highest BCUT2D eigenvalue weighted by molar-refractivity contribution is 5.62. The summed E-state index contributed by atoms with van der Waals surface area (Å²) in [4.78, 5) is 2.21. The van der Waals surface area contributed by atoms with Crippen molar-refractivity contribution in [3.63, 3.8) is 0 Å². The Hall–Kier alpha value is -1.80. The topological polar surface area (TPSA) is 15.3 Å². The first-order chi connectivity index (χ1) is 9.33. The molecule has 0 aliphatic heterocycles. The molecule has 2 aromatic rings. The first-order valence-corrected chi connectivity index (χ1v) is 6.94. The summed E-state index contributed by atoms with van der Waals surface area (Å²) < 4.78 is 0. The van der Waals surface area contributed by atoms with Gasteiger partial charge in [-0.3, -0.25) is 0 Å². The fourth-order valence-electron chi connectivity index (χ4n) is 2.19. The lowest BCUT2D eigenvalue weighted by atomic mass is 10.2. The maximum absolute atomic E-state index is 3.54. The largest absolute Gasteiger partial charge is 0.345 e. The van der Waals surface area contributed by atoms with E-state index in [0.717, 1.165) is 12.6 Å². The van der Waals surface area contributed by atoms with E-state index in [1.165, 1.54) is 29.8 Å². The molecular formula is C17H20N2. The van der Waals surface area contributed by atoms with Crippen molar-refractivity contribution in [3.05, 3.63) is 60.2 Å². The van der Waals surface area contributed by atoms with E-state index >= 15 is 0 Å². The lowest BCUT2D eigenvalue weighted by Crippen LogP contribution is -2.15. The van der Waals surface area contributed by atoms with Crippen LogP contribution in [0.2, 0.25) is 0 Å². The molecule has 2 heteroatoms. The maximum Gasteiger partial charge on any atom is 0.0408 e. The zero-order valence-corrected chi connectivity index (χ0v) is 11.3. The Morgan fingerprint density at radius 2 is 1.58 bits per heavy atom. The molecule has 1 N–H and O–H groups in total. The number of rotatable bonds is 5. The van der Waals surface area contributed by atoms with Crippen molar-refractivity contribution < 1.29 is 0 Å². The van der Waals surface area contributed by atoms with E-state index in [0.29, 0.717) is 0 Å². The van der Waals surface area contributed by atoms with Crippen LogP contribution in [0.3, 0.4) is 0 Å². The van der Waals surface area contributed by atoms with Gasteiger partial charge in [-0.2, -0.15) is 0 Å². The second-order valence-electron chi connectivity index (χ2n) is 5.22. The van der Waals surface area contributed by atoms with Gasteiger partial charge in [-0.1, -0.05) is 30.3 Å². The van der Waals surface area contributed by atoms with E-state index < -0.39 is 0 Å². The Labute approximate surface area is 115 Å². The van der Waals surface area contributed by atoms with Gasteiger partial charge >= 0.3 is 0 Å². The summed E-state index contributed by atoms with van der Waals surface area (Å²) in [5.41, 5.74) is 3.80. The minimum absolute atomic E-state index is 0.770. The van der Waals surface area contributed by atoms with Crippen LogP contribution in [0.4, 0.5) is 11.4 Å². The summed E-state index contributed by atoms with van der Waals surface area (Å²) >= 11 is 0. The first-order valence-electron chi connectivity index (χ1n) is 6.94. The van der Waals surface area contributed by atoms with Crippen molar-refractivity contribution in [1.82, 2.24) is 5.32 Å².